The van der Waals surface area contributed by atoms with Gasteiger partial charge in [-0.2, -0.15) is 0 Å². The van der Waals surface area contributed by atoms with Crippen molar-refractivity contribution in [2.45, 2.75) is 0 Å². The van der Waals surface area contributed by atoms with Crippen LogP contribution in [0.4, 0.5) is 17.1 Å². The molecule has 0 fully saturated rings. The Bertz CT molecular complexity index is 3160. The van der Waals surface area contributed by atoms with Crippen LogP contribution in [0.2, 0.25) is 0 Å². The molecule has 0 saturated heterocycles. The molecule has 53 heavy (non-hydrogen) atoms. The maximum atomic E-state index is 2.51. The van der Waals surface area contributed by atoms with Crippen molar-refractivity contribution >= 4 is 91.9 Å². The van der Waals surface area contributed by atoms with E-state index in [4.69, 9.17) is 0 Å². The highest BCUT2D eigenvalue weighted by Crippen LogP contribution is 2.49. The largest absolute Gasteiger partial charge is 0.310 e. The Hall–Kier alpha value is -6.68. The lowest BCUT2D eigenvalue weighted by atomic mass is 9.98. The average molecular weight is 693 g/mol. The second-order valence-corrected chi connectivity index (χ2v) is 14.8. The van der Waals surface area contributed by atoms with E-state index in [2.05, 4.69) is 204 Å². The van der Waals surface area contributed by atoms with Gasteiger partial charge in [0.2, 0.25) is 0 Å². The molecule has 2 heterocycles. The summed E-state index contributed by atoms with van der Waals surface area (Å²) < 4.78 is 5.14. The number of nitrogens with zero attached hydrogens (tertiary/aromatic N) is 2. The molecule has 0 saturated carbocycles. The predicted molar refractivity (Wildman–Crippen MR) is 229 cm³/mol. The van der Waals surface area contributed by atoms with Gasteiger partial charge in [-0.15, -0.1) is 11.3 Å². The SMILES string of the molecule is c1ccc(-c2ccc(-n3c4ccc(N(c5ccccc5)c5ccc6ccccc6c5)cc4c4c5ccccc5c5c6ccccc6sc5c43)cc2)cc1. The second kappa shape index (κ2) is 11.9. The Labute approximate surface area is 311 Å². The first kappa shape index (κ1) is 30.0. The van der Waals surface area contributed by atoms with Crippen LogP contribution in [0.25, 0.3) is 80.3 Å². The Morgan fingerprint density at radius 1 is 0.396 bits per heavy atom. The number of rotatable bonds is 5. The minimum absolute atomic E-state index is 1.12. The van der Waals surface area contributed by atoms with Crippen LogP contribution in [0.5, 0.6) is 0 Å². The molecule has 2 aromatic heterocycles. The molecule has 0 aliphatic rings. The fraction of sp³-hybridized carbons (Fsp3) is 0. The van der Waals surface area contributed by atoms with Crippen LogP contribution >= 0.6 is 11.3 Å². The third-order valence-electron chi connectivity index (χ3n) is 10.7. The molecule has 9 aromatic carbocycles. The van der Waals surface area contributed by atoms with Crippen LogP contribution in [0, 0.1) is 0 Å². The van der Waals surface area contributed by atoms with Gasteiger partial charge in [0.25, 0.3) is 0 Å². The second-order valence-electron chi connectivity index (χ2n) is 13.7. The topological polar surface area (TPSA) is 8.17 Å². The Morgan fingerprint density at radius 2 is 1.00 bits per heavy atom. The first-order valence-corrected chi connectivity index (χ1v) is 18.9. The van der Waals surface area contributed by atoms with Gasteiger partial charge in [0.05, 0.1) is 15.7 Å². The first-order valence-electron chi connectivity index (χ1n) is 18.1. The molecule has 0 amide bonds. The van der Waals surface area contributed by atoms with Crippen LogP contribution < -0.4 is 4.90 Å². The van der Waals surface area contributed by atoms with Gasteiger partial charge >= 0.3 is 0 Å². The van der Waals surface area contributed by atoms with Gasteiger partial charge in [-0.05, 0) is 93.3 Å². The fourth-order valence-corrected chi connectivity index (χ4v) is 9.61. The Kier molecular flexibility index (Phi) is 6.76. The molecule has 11 aromatic rings. The third-order valence-corrected chi connectivity index (χ3v) is 11.9. The molecule has 11 rings (SSSR count). The van der Waals surface area contributed by atoms with E-state index in [1.807, 2.05) is 11.3 Å². The highest BCUT2D eigenvalue weighted by atomic mass is 32.1. The van der Waals surface area contributed by atoms with Crippen molar-refractivity contribution in [1.82, 2.24) is 4.57 Å². The van der Waals surface area contributed by atoms with Crippen molar-refractivity contribution in [3.8, 4) is 16.8 Å². The van der Waals surface area contributed by atoms with E-state index >= 15 is 0 Å². The first-order chi connectivity index (χ1) is 26.3. The zero-order chi connectivity index (χ0) is 34.9. The Morgan fingerprint density at radius 3 is 1.79 bits per heavy atom. The highest BCUT2D eigenvalue weighted by molar-refractivity contribution is 7.27. The van der Waals surface area contributed by atoms with Gasteiger partial charge in [0.1, 0.15) is 0 Å². The molecular weight excluding hydrogens is 661 g/mol. The minimum Gasteiger partial charge on any atom is -0.310 e. The zero-order valence-corrected chi connectivity index (χ0v) is 29.6. The summed E-state index contributed by atoms with van der Waals surface area (Å²) in [6.07, 6.45) is 0. The van der Waals surface area contributed by atoms with Gasteiger partial charge in [-0.1, -0.05) is 133 Å². The highest BCUT2D eigenvalue weighted by Gasteiger charge is 2.23. The van der Waals surface area contributed by atoms with E-state index in [9.17, 15) is 0 Å². The van der Waals surface area contributed by atoms with Gasteiger partial charge in [-0.3, -0.25) is 0 Å². The fourth-order valence-electron chi connectivity index (χ4n) is 8.35. The standard InChI is InChI=1S/C50H32N2S/c1-3-13-33(14-4-1)35-23-26-38(27-24-35)52-45-30-29-40(51(37-17-5-2-6-18-37)39-28-25-34-15-7-8-16-36(34)31-39)32-44(45)47-41-19-9-10-20-42(41)48-43-21-11-12-22-46(43)53-50(48)49(47)52/h1-32H. The number of hydrogen-bond donors (Lipinski definition) is 0. The molecule has 0 aliphatic heterocycles. The van der Waals surface area contributed by atoms with Crippen LogP contribution in [-0.4, -0.2) is 4.57 Å². The van der Waals surface area contributed by atoms with Crippen molar-refractivity contribution in [2.24, 2.45) is 0 Å². The molecule has 0 bridgehead atoms. The molecule has 0 atom stereocenters. The zero-order valence-electron chi connectivity index (χ0n) is 28.8. The maximum absolute atomic E-state index is 2.51. The van der Waals surface area contributed by atoms with Crippen molar-refractivity contribution in [2.75, 3.05) is 4.90 Å². The molecule has 3 heteroatoms. The van der Waals surface area contributed by atoms with E-state index in [0.29, 0.717) is 0 Å². The quantitative estimate of drug-likeness (QED) is 0.174. The van der Waals surface area contributed by atoms with Crippen molar-refractivity contribution in [3.05, 3.63) is 194 Å². The summed E-state index contributed by atoms with van der Waals surface area (Å²) in [5.41, 5.74) is 9.42. The lowest BCUT2D eigenvalue weighted by molar-refractivity contribution is 1.19. The van der Waals surface area contributed by atoms with Crippen LogP contribution in [0.15, 0.2) is 194 Å². The van der Waals surface area contributed by atoms with Gasteiger partial charge in [0.15, 0.2) is 0 Å². The minimum atomic E-state index is 1.12. The molecule has 0 N–H and O–H groups in total. The molecule has 248 valence electrons. The summed E-state index contributed by atoms with van der Waals surface area (Å²) in [7, 11) is 0. The molecule has 0 spiro atoms. The number of anilines is 3. The average Bonchev–Trinajstić information content (AvgIpc) is 3.79. The number of benzene rings is 9. The van der Waals surface area contributed by atoms with Gasteiger partial charge in [0, 0.05) is 49.0 Å². The number of fused-ring (bicyclic) bond motifs is 11. The Balaban J connectivity index is 1.24. The number of thiophene rings is 1. The van der Waals surface area contributed by atoms with E-state index in [1.54, 1.807) is 0 Å². The monoisotopic (exact) mass is 692 g/mol. The molecule has 0 radical (unpaired) electrons. The number of hydrogen-bond acceptors (Lipinski definition) is 2. The summed E-state index contributed by atoms with van der Waals surface area (Å²) in [5, 5.41) is 10.2. The number of aromatic nitrogens is 1. The number of para-hydroxylation sites is 1. The van der Waals surface area contributed by atoms with Crippen molar-refractivity contribution < 1.29 is 0 Å². The van der Waals surface area contributed by atoms with Gasteiger partial charge < -0.3 is 9.47 Å². The smallest absolute Gasteiger partial charge is 0.0726 e. The summed E-state index contributed by atoms with van der Waals surface area (Å²) >= 11 is 1.90. The van der Waals surface area contributed by atoms with Crippen LogP contribution in [-0.2, 0) is 0 Å². The van der Waals surface area contributed by atoms with E-state index in [1.165, 1.54) is 74.6 Å². The van der Waals surface area contributed by atoms with Gasteiger partial charge in [-0.25, -0.2) is 0 Å². The molecule has 2 nitrogen and oxygen atoms in total. The predicted octanol–water partition coefficient (Wildman–Crippen LogP) is 14.6. The van der Waals surface area contributed by atoms with E-state index in [-0.39, 0.29) is 0 Å². The summed E-state index contributed by atoms with van der Waals surface area (Å²) in [6.45, 7) is 0. The third kappa shape index (κ3) is 4.71. The lowest BCUT2D eigenvalue weighted by Gasteiger charge is -2.26. The molecule has 0 unspecified atom stereocenters. The maximum Gasteiger partial charge on any atom is 0.0726 e. The van der Waals surface area contributed by atoms with Crippen molar-refractivity contribution in [3.63, 3.8) is 0 Å². The summed E-state index contributed by atoms with van der Waals surface area (Å²) in [5.74, 6) is 0. The van der Waals surface area contributed by atoms with Crippen LogP contribution in [0.1, 0.15) is 0 Å². The summed E-state index contributed by atoms with van der Waals surface area (Å²) in [4.78, 5) is 2.39. The van der Waals surface area contributed by atoms with Crippen molar-refractivity contribution in [1.29, 1.82) is 0 Å². The van der Waals surface area contributed by atoms with E-state index in [0.717, 1.165) is 22.7 Å². The lowest BCUT2D eigenvalue weighted by Crippen LogP contribution is -2.09. The molecular formula is C50H32N2S. The van der Waals surface area contributed by atoms with E-state index < -0.39 is 0 Å². The van der Waals surface area contributed by atoms with Crippen LogP contribution in [0.3, 0.4) is 0 Å². The molecule has 0 aliphatic carbocycles. The summed E-state index contributed by atoms with van der Waals surface area (Å²) in [6, 6.07) is 70.8. The normalized spacial score (nSPS) is 11.8.